The van der Waals surface area contributed by atoms with Gasteiger partial charge in [-0.2, -0.15) is 4.52 Å². The van der Waals surface area contributed by atoms with E-state index in [-0.39, 0.29) is 17.4 Å². The van der Waals surface area contributed by atoms with E-state index in [0.717, 1.165) is 35.8 Å². The molecule has 1 saturated heterocycles. The Hall–Kier alpha value is -2.94. The lowest BCUT2D eigenvalue weighted by Crippen LogP contribution is -2.43. The number of nitrogens with zero attached hydrogens (tertiary/aromatic N) is 4. The van der Waals surface area contributed by atoms with Crippen molar-refractivity contribution in [1.82, 2.24) is 19.9 Å². The summed E-state index contributed by atoms with van der Waals surface area (Å²) in [5.74, 6) is 0.688. The maximum absolute atomic E-state index is 12.7. The molecule has 1 N–H and O–H groups in total. The van der Waals surface area contributed by atoms with E-state index in [0.29, 0.717) is 23.7 Å². The summed E-state index contributed by atoms with van der Waals surface area (Å²) >= 11 is 1.38. The average Bonchev–Trinajstić information content (AvgIpc) is 3.17. The van der Waals surface area contributed by atoms with E-state index in [1.54, 1.807) is 14.0 Å². The lowest BCUT2D eigenvalue weighted by atomic mass is 9.97. The van der Waals surface area contributed by atoms with Crippen molar-refractivity contribution in [2.75, 3.05) is 25.1 Å². The number of fused-ring (bicyclic) bond motifs is 1. The molecule has 1 aromatic carbocycles. The molecule has 1 fully saturated rings. The van der Waals surface area contributed by atoms with Crippen LogP contribution in [0.15, 0.2) is 35.1 Å². The third kappa shape index (κ3) is 4.24. The first-order chi connectivity index (χ1) is 14.0. The minimum atomic E-state index is -0.181. The summed E-state index contributed by atoms with van der Waals surface area (Å²) in [5, 5.41) is 8.18. The van der Waals surface area contributed by atoms with Crippen LogP contribution in [0, 0.1) is 12.8 Å². The molecule has 0 radical (unpaired) electrons. The largest absolute Gasteiger partial charge is 0.497 e. The molecule has 0 bridgehead atoms. The topological polar surface area (TPSA) is 88.8 Å². The van der Waals surface area contributed by atoms with Gasteiger partial charge < -0.3 is 15.0 Å². The number of rotatable bonds is 5. The molecule has 4 rings (SSSR count). The average molecular weight is 414 g/mol. The number of amides is 1. The van der Waals surface area contributed by atoms with Gasteiger partial charge in [0.25, 0.3) is 5.56 Å². The van der Waals surface area contributed by atoms with Crippen molar-refractivity contribution in [3.63, 3.8) is 0 Å². The molecule has 1 aliphatic rings. The summed E-state index contributed by atoms with van der Waals surface area (Å²) in [4.78, 5) is 31.9. The number of hydrogen-bond acceptors (Lipinski definition) is 7. The summed E-state index contributed by atoms with van der Waals surface area (Å²) < 4.78 is 6.56. The number of hydrogen-bond donors (Lipinski definition) is 1. The van der Waals surface area contributed by atoms with E-state index in [1.807, 2.05) is 24.3 Å². The molecule has 0 aliphatic carbocycles. The SMILES string of the molecule is COc1cccc(CNC(=O)[C@@H]2CCCN(c3nn4c(=O)cc(C)nc4s3)C2)c1. The number of carbonyl (C=O) groups excluding carboxylic acids is 1. The van der Waals surface area contributed by atoms with Crippen LogP contribution in [0.5, 0.6) is 5.75 Å². The first kappa shape index (κ1) is 19.4. The zero-order chi connectivity index (χ0) is 20.4. The molecule has 1 amide bonds. The number of piperidine rings is 1. The van der Waals surface area contributed by atoms with Crippen LogP contribution < -0.4 is 20.5 Å². The van der Waals surface area contributed by atoms with Gasteiger partial charge in [-0.05, 0) is 37.5 Å². The second-order valence-corrected chi connectivity index (χ2v) is 8.10. The third-order valence-electron chi connectivity index (χ3n) is 5.03. The van der Waals surface area contributed by atoms with Gasteiger partial charge in [0.05, 0.1) is 13.0 Å². The van der Waals surface area contributed by atoms with Gasteiger partial charge in [0.2, 0.25) is 16.0 Å². The fraction of sp³-hybridized carbons (Fsp3) is 0.400. The van der Waals surface area contributed by atoms with Crippen LogP contribution in [0.3, 0.4) is 0 Å². The van der Waals surface area contributed by atoms with Crippen molar-refractivity contribution in [3.05, 3.63) is 51.9 Å². The number of methoxy groups -OCH3 is 1. The molecular weight excluding hydrogens is 390 g/mol. The monoisotopic (exact) mass is 413 g/mol. The molecule has 9 heteroatoms. The lowest BCUT2D eigenvalue weighted by molar-refractivity contribution is -0.125. The van der Waals surface area contributed by atoms with E-state index >= 15 is 0 Å². The Morgan fingerprint density at radius 1 is 1.38 bits per heavy atom. The molecule has 29 heavy (non-hydrogen) atoms. The Labute approximate surface area is 172 Å². The zero-order valence-corrected chi connectivity index (χ0v) is 17.2. The number of benzene rings is 1. The minimum absolute atomic E-state index is 0.0322. The maximum Gasteiger partial charge on any atom is 0.275 e. The number of carbonyl (C=O) groups is 1. The first-order valence-electron chi connectivity index (χ1n) is 9.56. The summed E-state index contributed by atoms with van der Waals surface area (Å²) in [6.07, 6.45) is 1.73. The highest BCUT2D eigenvalue weighted by atomic mass is 32.1. The highest BCUT2D eigenvalue weighted by molar-refractivity contribution is 7.20. The third-order valence-corrected chi connectivity index (χ3v) is 6.00. The molecule has 0 saturated carbocycles. The van der Waals surface area contributed by atoms with E-state index in [9.17, 15) is 9.59 Å². The van der Waals surface area contributed by atoms with Gasteiger partial charge in [-0.1, -0.05) is 23.5 Å². The predicted molar refractivity (Wildman–Crippen MR) is 112 cm³/mol. The van der Waals surface area contributed by atoms with Crippen molar-refractivity contribution in [1.29, 1.82) is 0 Å². The van der Waals surface area contributed by atoms with Crippen molar-refractivity contribution in [2.45, 2.75) is 26.3 Å². The molecule has 2 aromatic heterocycles. The Bertz CT molecular complexity index is 1090. The highest BCUT2D eigenvalue weighted by Gasteiger charge is 2.27. The van der Waals surface area contributed by atoms with Crippen LogP contribution in [-0.4, -0.2) is 40.7 Å². The second kappa shape index (κ2) is 8.20. The second-order valence-electron chi connectivity index (χ2n) is 7.17. The smallest absolute Gasteiger partial charge is 0.275 e. The number of nitrogens with one attached hydrogen (secondary N) is 1. The van der Waals surface area contributed by atoms with Crippen molar-refractivity contribution >= 4 is 27.3 Å². The Kier molecular flexibility index (Phi) is 5.48. The van der Waals surface area contributed by atoms with Crippen molar-refractivity contribution in [3.8, 4) is 5.75 Å². The summed E-state index contributed by atoms with van der Waals surface area (Å²) in [7, 11) is 1.63. The molecule has 152 valence electrons. The molecule has 3 aromatic rings. The Morgan fingerprint density at radius 3 is 3.07 bits per heavy atom. The van der Waals surface area contributed by atoms with Gasteiger partial charge in [0, 0.05) is 31.4 Å². The predicted octanol–water partition coefficient (Wildman–Crippen LogP) is 2.00. The fourth-order valence-corrected chi connectivity index (χ4v) is 4.51. The molecule has 3 heterocycles. The maximum atomic E-state index is 12.7. The van der Waals surface area contributed by atoms with Gasteiger partial charge in [-0.15, -0.1) is 5.10 Å². The van der Waals surface area contributed by atoms with Gasteiger partial charge in [0.15, 0.2) is 0 Å². The van der Waals surface area contributed by atoms with Crippen LogP contribution in [0.25, 0.3) is 4.96 Å². The van der Waals surface area contributed by atoms with Crippen LogP contribution in [0.2, 0.25) is 0 Å². The number of aromatic nitrogens is 3. The van der Waals surface area contributed by atoms with E-state index in [4.69, 9.17) is 4.74 Å². The minimum Gasteiger partial charge on any atom is -0.497 e. The van der Waals surface area contributed by atoms with Gasteiger partial charge in [-0.3, -0.25) is 9.59 Å². The standard InChI is InChI=1S/C20H23N5O3S/c1-13-9-17(26)25-19(22-13)29-20(23-25)24-8-4-6-15(12-24)18(27)21-11-14-5-3-7-16(10-14)28-2/h3,5,7,9-10,15H,4,6,8,11-12H2,1-2H3,(H,21,27)/t15-/m1/s1. The Balaban J connectivity index is 1.43. The van der Waals surface area contributed by atoms with Crippen LogP contribution in [0.4, 0.5) is 5.13 Å². The van der Waals surface area contributed by atoms with Crippen LogP contribution in [-0.2, 0) is 11.3 Å². The molecule has 1 atom stereocenters. The molecule has 0 unspecified atom stereocenters. The molecular formula is C20H23N5O3S. The van der Waals surface area contributed by atoms with E-state index in [2.05, 4.69) is 20.3 Å². The van der Waals surface area contributed by atoms with Gasteiger partial charge in [-0.25, -0.2) is 4.98 Å². The normalized spacial score (nSPS) is 16.8. The van der Waals surface area contributed by atoms with E-state index in [1.165, 1.54) is 21.9 Å². The molecule has 0 spiro atoms. The number of anilines is 1. The molecule has 1 aliphatic heterocycles. The van der Waals surface area contributed by atoms with Crippen LogP contribution >= 0.6 is 11.3 Å². The van der Waals surface area contributed by atoms with Gasteiger partial charge in [0.1, 0.15) is 5.75 Å². The van der Waals surface area contributed by atoms with E-state index < -0.39 is 0 Å². The van der Waals surface area contributed by atoms with Crippen molar-refractivity contribution < 1.29 is 9.53 Å². The Morgan fingerprint density at radius 2 is 2.24 bits per heavy atom. The quantitative estimate of drug-likeness (QED) is 0.688. The van der Waals surface area contributed by atoms with Crippen molar-refractivity contribution in [2.24, 2.45) is 5.92 Å². The summed E-state index contributed by atoms with van der Waals surface area (Å²) in [5.41, 5.74) is 1.50. The molecule has 8 nitrogen and oxygen atoms in total. The highest BCUT2D eigenvalue weighted by Crippen LogP contribution is 2.27. The zero-order valence-electron chi connectivity index (χ0n) is 16.4. The summed E-state index contributed by atoms with van der Waals surface area (Å²) in [6, 6.07) is 9.14. The number of aryl methyl sites for hydroxylation is 1. The summed E-state index contributed by atoms with van der Waals surface area (Å²) in [6.45, 7) is 3.65. The van der Waals surface area contributed by atoms with Crippen LogP contribution in [0.1, 0.15) is 24.1 Å². The first-order valence-corrected chi connectivity index (χ1v) is 10.4. The van der Waals surface area contributed by atoms with Gasteiger partial charge >= 0.3 is 0 Å². The number of ether oxygens (including phenoxy) is 1. The lowest BCUT2D eigenvalue weighted by Gasteiger charge is -2.31. The fourth-order valence-electron chi connectivity index (χ4n) is 3.52.